The van der Waals surface area contributed by atoms with Gasteiger partial charge in [-0.2, -0.15) is 0 Å². The molecule has 0 spiro atoms. The molecule has 0 bridgehead atoms. The lowest BCUT2D eigenvalue weighted by molar-refractivity contribution is -0.128. The standard InChI is InChI=1S/C19H19BrClNO2/c1-12(24-18-10-9-14(20)11-16(18)21)19(23)22-17-8-4-6-13-5-2-3-7-15(13)17/h2-3,5,7,9-12,17H,4,6,8H2,1H3,(H,22,23). The lowest BCUT2D eigenvalue weighted by Gasteiger charge is -2.27. The highest BCUT2D eigenvalue weighted by Gasteiger charge is 2.24. The fraction of sp³-hybridized carbons (Fsp3) is 0.316. The third kappa shape index (κ3) is 3.93. The molecule has 0 saturated heterocycles. The van der Waals surface area contributed by atoms with Crippen LogP contribution in [0.2, 0.25) is 5.02 Å². The largest absolute Gasteiger partial charge is 0.479 e. The number of amides is 1. The lowest BCUT2D eigenvalue weighted by atomic mass is 9.87. The van der Waals surface area contributed by atoms with Crippen LogP contribution >= 0.6 is 27.5 Å². The van der Waals surface area contributed by atoms with Gasteiger partial charge in [0.25, 0.3) is 5.91 Å². The number of nitrogens with one attached hydrogen (secondary N) is 1. The molecule has 3 nitrogen and oxygen atoms in total. The van der Waals surface area contributed by atoms with Crippen LogP contribution in [0.25, 0.3) is 0 Å². The molecule has 1 aliphatic carbocycles. The first-order valence-corrected chi connectivity index (χ1v) is 9.21. The van der Waals surface area contributed by atoms with E-state index in [4.69, 9.17) is 16.3 Å². The molecular weight excluding hydrogens is 390 g/mol. The predicted molar refractivity (Wildman–Crippen MR) is 99.5 cm³/mol. The maximum atomic E-state index is 12.5. The van der Waals surface area contributed by atoms with E-state index in [0.717, 1.165) is 23.7 Å². The summed E-state index contributed by atoms with van der Waals surface area (Å²) in [5.41, 5.74) is 2.53. The maximum absolute atomic E-state index is 12.5. The summed E-state index contributed by atoms with van der Waals surface area (Å²) in [6.07, 6.45) is 2.49. The molecule has 2 atom stereocenters. The summed E-state index contributed by atoms with van der Waals surface area (Å²) in [7, 11) is 0. The van der Waals surface area contributed by atoms with Crippen molar-refractivity contribution in [3.05, 3.63) is 63.1 Å². The van der Waals surface area contributed by atoms with Crippen LogP contribution in [0.3, 0.4) is 0 Å². The smallest absolute Gasteiger partial charge is 0.261 e. The molecule has 0 saturated carbocycles. The summed E-state index contributed by atoms with van der Waals surface area (Å²) < 4.78 is 6.60. The number of carbonyl (C=O) groups is 1. The van der Waals surface area contributed by atoms with Crippen molar-refractivity contribution in [1.29, 1.82) is 0 Å². The molecule has 0 radical (unpaired) electrons. The van der Waals surface area contributed by atoms with E-state index in [2.05, 4.69) is 33.4 Å². The van der Waals surface area contributed by atoms with Gasteiger partial charge in [0, 0.05) is 4.47 Å². The van der Waals surface area contributed by atoms with Crippen LogP contribution in [0.1, 0.15) is 36.9 Å². The van der Waals surface area contributed by atoms with Gasteiger partial charge in [0.1, 0.15) is 5.75 Å². The first-order chi connectivity index (χ1) is 11.5. The van der Waals surface area contributed by atoms with Gasteiger partial charge < -0.3 is 10.1 Å². The Hall–Kier alpha value is -1.52. The van der Waals surface area contributed by atoms with Crippen LogP contribution in [-0.2, 0) is 11.2 Å². The average Bonchev–Trinajstić information content (AvgIpc) is 2.57. The Bertz CT molecular complexity index is 750. The number of benzene rings is 2. The van der Waals surface area contributed by atoms with Crippen molar-refractivity contribution in [2.24, 2.45) is 0 Å². The SMILES string of the molecule is CC(Oc1ccc(Br)cc1Cl)C(=O)NC1CCCc2ccccc21. The number of hydrogen-bond donors (Lipinski definition) is 1. The van der Waals surface area contributed by atoms with E-state index < -0.39 is 6.10 Å². The first kappa shape index (κ1) is 17.3. The summed E-state index contributed by atoms with van der Waals surface area (Å²) in [4.78, 5) is 12.5. The number of rotatable bonds is 4. The van der Waals surface area contributed by atoms with E-state index in [9.17, 15) is 4.79 Å². The minimum absolute atomic E-state index is 0.0499. The van der Waals surface area contributed by atoms with Gasteiger partial charge in [0.05, 0.1) is 11.1 Å². The molecule has 0 aliphatic heterocycles. The molecule has 1 amide bonds. The van der Waals surface area contributed by atoms with E-state index >= 15 is 0 Å². The van der Waals surface area contributed by atoms with Gasteiger partial charge in [0.15, 0.2) is 6.10 Å². The molecule has 1 aliphatic rings. The lowest BCUT2D eigenvalue weighted by Crippen LogP contribution is -2.39. The minimum Gasteiger partial charge on any atom is -0.479 e. The third-order valence-electron chi connectivity index (χ3n) is 4.25. The van der Waals surface area contributed by atoms with Crippen molar-refractivity contribution in [3.63, 3.8) is 0 Å². The third-order valence-corrected chi connectivity index (χ3v) is 5.04. The van der Waals surface area contributed by atoms with Gasteiger partial charge >= 0.3 is 0 Å². The summed E-state index contributed by atoms with van der Waals surface area (Å²) in [6, 6.07) is 13.7. The van der Waals surface area contributed by atoms with Gasteiger partial charge in [0.2, 0.25) is 0 Å². The van der Waals surface area contributed by atoms with Gasteiger partial charge in [-0.3, -0.25) is 4.79 Å². The van der Waals surface area contributed by atoms with Crippen molar-refractivity contribution in [3.8, 4) is 5.75 Å². The van der Waals surface area contributed by atoms with Gasteiger partial charge in [-0.05, 0) is 55.5 Å². The first-order valence-electron chi connectivity index (χ1n) is 8.04. The molecule has 0 heterocycles. The number of halogens is 2. The summed E-state index contributed by atoms with van der Waals surface area (Å²) >= 11 is 9.50. The number of fused-ring (bicyclic) bond motifs is 1. The Morgan fingerprint density at radius 3 is 2.92 bits per heavy atom. The zero-order valence-electron chi connectivity index (χ0n) is 13.4. The fourth-order valence-corrected chi connectivity index (χ4v) is 3.73. The van der Waals surface area contributed by atoms with E-state index in [1.165, 1.54) is 11.1 Å². The number of hydrogen-bond acceptors (Lipinski definition) is 2. The zero-order valence-corrected chi connectivity index (χ0v) is 15.7. The van der Waals surface area contributed by atoms with Crippen molar-refractivity contribution in [2.75, 3.05) is 0 Å². The highest BCUT2D eigenvalue weighted by atomic mass is 79.9. The van der Waals surface area contributed by atoms with E-state index in [-0.39, 0.29) is 11.9 Å². The number of carbonyl (C=O) groups excluding carboxylic acids is 1. The molecule has 1 N–H and O–H groups in total. The molecule has 2 unspecified atom stereocenters. The highest BCUT2D eigenvalue weighted by Crippen LogP contribution is 2.31. The van der Waals surface area contributed by atoms with Crippen molar-refractivity contribution >= 4 is 33.4 Å². The van der Waals surface area contributed by atoms with Crippen LogP contribution in [0.15, 0.2) is 46.9 Å². The Labute approximate surface area is 155 Å². The fourth-order valence-electron chi connectivity index (χ4n) is 3.01. The summed E-state index contributed by atoms with van der Waals surface area (Å²) in [5, 5.41) is 3.59. The van der Waals surface area contributed by atoms with Crippen molar-refractivity contribution in [1.82, 2.24) is 5.32 Å². The number of ether oxygens (including phenoxy) is 1. The summed E-state index contributed by atoms with van der Waals surface area (Å²) in [5.74, 6) is 0.377. The van der Waals surface area contributed by atoms with E-state index in [1.54, 1.807) is 19.1 Å². The van der Waals surface area contributed by atoms with Crippen molar-refractivity contribution < 1.29 is 9.53 Å². The Balaban J connectivity index is 1.67. The molecule has 3 rings (SSSR count). The van der Waals surface area contributed by atoms with Gasteiger partial charge in [-0.1, -0.05) is 51.8 Å². The zero-order chi connectivity index (χ0) is 17.1. The molecular formula is C19H19BrClNO2. The maximum Gasteiger partial charge on any atom is 0.261 e. The van der Waals surface area contributed by atoms with Gasteiger partial charge in [-0.25, -0.2) is 0 Å². The average molecular weight is 409 g/mol. The predicted octanol–water partition coefficient (Wildman–Crippen LogP) is 5.06. The molecule has 2 aromatic rings. The second-order valence-corrected chi connectivity index (χ2v) is 7.31. The summed E-state index contributed by atoms with van der Waals surface area (Å²) in [6.45, 7) is 1.74. The van der Waals surface area contributed by atoms with Crippen LogP contribution < -0.4 is 10.1 Å². The van der Waals surface area contributed by atoms with E-state index in [1.807, 2.05) is 18.2 Å². The Morgan fingerprint density at radius 1 is 1.33 bits per heavy atom. The van der Waals surface area contributed by atoms with Crippen LogP contribution in [-0.4, -0.2) is 12.0 Å². The molecule has 126 valence electrons. The second kappa shape index (κ2) is 7.58. The molecule has 0 fully saturated rings. The molecule has 5 heteroatoms. The topological polar surface area (TPSA) is 38.3 Å². The normalized spacial score (nSPS) is 17.7. The molecule has 0 aromatic heterocycles. The van der Waals surface area contributed by atoms with Crippen LogP contribution in [0.4, 0.5) is 0 Å². The quantitative estimate of drug-likeness (QED) is 0.767. The Morgan fingerprint density at radius 2 is 2.12 bits per heavy atom. The number of aryl methyl sites for hydroxylation is 1. The van der Waals surface area contributed by atoms with Gasteiger partial charge in [-0.15, -0.1) is 0 Å². The molecule has 2 aromatic carbocycles. The minimum atomic E-state index is -0.613. The van der Waals surface area contributed by atoms with Crippen LogP contribution in [0.5, 0.6) is 5.75 Å². The monoisotopic (exact) mass is 407 g/mol. The van der Waals surface area contributed by atoms with Crippen molar-refractivity contribution in [2.45, 2.75) is 38.3 Å². The molecule has 24 heavy (non-hydrogen) atoms. The Kier molecular flexibility index (Phi) is 5.47. The van der Waals surface area contributed by atoms with Crippen LogP contribution in [0, 0.1) is 0 Å². The highest BCUT2D eigenvalue weighted by molar-refractivity contribution is 9.10. The van der Waals surface area contributed by atoms with E-state index in [0.29, 0.717) is 10.8 Å². The second-order valence-electron chi connectivity index (χ2n) is 5.99.